The van der Waals surface area contributed by atoms with E-state index in [1.165, 1.54) is 38.5 Å². The monoisotopic (exact) mass is 210 g/mol. The van der Waals surface area contributed by atoms with E-state index in [1.807, 2.05) is 0 Å². The van der Waals surface area contributed by atoms with Crippen molar-refractivity contribution in [1.29, 1.82) is 0 Å². The summed E-state index contributed by atoms with van der Waals surface area (Å²) in [6, 6.07) is 1.57. The number of nitrogens with zero attached hydrogens (tertiary/aromatic N) is 1. The lowest BCUT2D eigenvalue weighted by Gasteiger charge is -2.02. The highest BCUT2D eigenvalue weighted by atomic mass is 16.1. The number of aromatic nitrogens is 2. The molecule has 0 aliphatic heterocycles. The van der Waals surface area contributed by atoms with E-state index in [0.29, 0.717) is 0 Å². The van der Waals surface area contributed by atoms with Crippen molar-refractivity contribution in [2.75, 3.05) is 0 Å². The second kappa shape index (κ2) is 7.32. The molecule has 1 rings (SSSR count). The number of hydrogen-bond acceptors (Lipinski definition) is 1. The molecule has 86 valence electrons. The van der Waals surface area contributed by atoms with Crippen LogP contribution in [0.15, 0.2) is 17.1 Å². The van der Waals surface area contributed by atoms with Crippen LogP contribution < -0.4 is 5.56 Å². The van der Waals surface area contributed by atoms with Gasteiger partial charge in [-0.05, 0) is 6.42 Å². The summed E-state index contributed by atoms with van der Waals surface area (Å²) in [6.07, 6.45) is 10.7. The van der Waals surface area contributed by atoms with Crippen LogP contribution >= 0.6 is 0 Å². The maximum Gasteiger partial charge on any atom is 0.266 e. The molecule has 0 saturated carbocycles. The molecular weight excluding hydrogens is 188 g/mol. The van der Waals surface area contributed by atoms with E-state index in [1.54, 1.807) is 16.9 Å². The van der Waals surface area contributed by atoms with Crippen LogP contribution in [-0.4, -0.2) is 9.78 Å². The maximum atomic E-state index is 11.2. The van der Waals surface area contributed by atoms with Gasteiger partial charge in [-0.25, -0.2) is 0 Å². The molecule has 0 fully saturated rings. The molecule has 1 heterocycles. The SMILES string of the molecule is CCCCCCCCCn1[nH]ccc1=O. The Morgan fingerprint density at radius 1 is 1.13 bits per heavy atom. The minimum Gasteiger partial charge on any atom is -0.303 e. The van der Waals surface area contributed by atoms with Crippen LogP contribution in [-0.2, 0) is 6.54 Å². The summed E-state index contributed by atoms with van der Waals surface area (Å²) in [6.45, 7) is 3.07. The van der Waals surface area contributed by atoms with Gasteiger partial charge < -0.3 is 5.10 Å². The Bertz CT molecular complexity index is 301. The molecule has 3 nitrogen and oxygen atoms in total. The Balaban J connectivity index is 1.98. The molecule has 0 aliphatic rings. The van der Waals surface area contributed by atoms with Crippen LogP contribution in [0.1, 0.15) is 51.9 Å². The minimum absolute atomic E-state index is 0.0842. The lowest BCUT2D eigenvalue weighted by atomic mass is 10.1. The van der Waals surface area contributed by atoms with Crippen LogP contribution in [0.3, 0.4) is 0 Å². The van der Waals surface area contributed by atoms with E-state index in [0.717, 1.165) is 13.0 Å². The lowest BCUT2D eigenvalue weighted by molar-refractivity contribution is 0.515. The predicted molar refractivity (Wildman–Crippen MR) is 63.0 cm³/mol. The Morgan fingerprint density at radius 2 is 1.80 bits per heavy atom. The first-order chi connectivity index (χ1) is 7.34. The molecule has 1 aromatic heterocycles. The highest BCUT2D eigenvalue weighted by Crippen LogP contribution is 2.06. The largest absolute Gasteiger partial charge is 0.303 e. The van der Waals surface area contributed by atoms with Gasteiger partial charge in [0.25, 0.3) is 5.56 Å². The minimum atomic E-state index is 0.0842. The molecule has 0 amide bonds. The van der Waals surface area contributed by atoms with E-state index < -0.39 is 0 Å². The normalized spacial score (nSPS) is 10.7. The molecule has 3 heteroatoms. The Morgan fingerprint density at radius 3 is 2.40 bits per heavy atom. The van der Waals surface area contributed by atoms with Crippen molar-refractivity contribution in [3.05, 3.63) is 22.6 Å². The fraction of sp³-hybridized carbons (Fsp3) is 0.750. The van der Waals surface area contributed by atoms with Crippen molar-refractivity contribution in [2.24, 2.45) is 0 Å². The second-order valence-corrected chi connectivity index (χ2v) is 4.07. The summed E-state index contributed by atoms with van der Waals surface area (Å²) in [5, 5.41) is 2.92. The standard InChI is InChI=1S/C12H22N2O/c1-2-3-4-5-6-7-8-11-14-12(15)9-10-13-14/h9-10,13H,2-8,11H2,1H3. The number of aryl methyl sites for hydroxylation is 1. The highest BCUT2D eigenvalue weighted by molar-refractivity contribution is 4.79. The van der Waals surface area contributed by atoms with Gasteiger partial charge in [0, 0.05) is 18.8 Å². The van der Waals surface area contributed by atoms with Gasteiger partial charge in [-0.15, -0.1) is 0 Å². The molecule has 0 aromatic carbocycles. The van der Waals surface area contributed by atoms with Crippen LogP contribution in [0.25, 0.3) is 0 Å². The summed E-state index contributed by atoms with van der Waals surface area (Å²) in [5.74, 6) is 0. The first-order valence-electron chi connectivity index (χ1n) is 6.09. The van der Waals surface area contributed by atoms with Gasteiger partial charge in [-0.3, -0.25) is 9.48 Å². The van der Waals surface area contributed by atoms with Gasteiger partial charge in [0.15, 0.2) is 0 Å². The van der Waals surface area contributed by atoms with E-state index in [-0.39, 0.29) is 5.56 Å². The summed E-state index contributed by atoms with van der Waals surface area (Å²) in [7, 11) is 0. The van der Waals surface area contributed by atoms with Gasteiger partial charge in [0.2, 0.25) is 0 Å². The van der Waals surface area contributed by atoms with Gasteiger partial charge in [0.05, 0.1) is 0 Å². The van der Waals surface area contributed by atoms with Gasteiger partial charge >= 0.3 is 0 Å². The second-order valence-electron chi connectivity index (χ2n) is 4.07. The van der Waals surface area contributed by atoms with Crippen LogP contribution in [0.5, 0.6) is 0 Å². The van der Waals surface area contributed by atoms with Crippen molar-refractivity contribution in [1.82, 2.24) is 9.78 Å². The topological polar surface area (TPSA) is 37.8 Å². The summed E-state index contributed by atoms with van der Waals surface area (Å²) in [4.78, 5) is 11.2. The summed E-state index contributed by atoms with van der Waals surface area (Å²) < 4.78 is 1.67. The third kappa shape index (κ3) is 4.86. The van der Waals surface area contributed by atoms with Gasteiger partial charge in [0.1, 0.15) is 0 Å². The van der Waals surface area contributed by atoms with E-state index in [2.05, 4.69) is 12.0 Å². The number of H-pyrrole nitrogens is 1. The Labute approximate surface area is 91.5 Å². The molecule has 0 bridgehead atoms. The fourth-order valence-corrected chi connectivity index (χ4v) is 1.75. The Kier molecular flexibility index (Phi) is 5.90. The molecule has 1 N–H and O–H groups in total. The maximum absolute atomic E-state index is 11.2. The first kappa shape index (κ1) is 12.1. The van der Waals surface area contributed by atoms with Gasteiger partial charge in [-0.1, -0.05) is 45.4 Å². The number of hydrogen-bond donors (Lipinski definition) is 1. The fourth-order valence-electron chi connectivity index (χ4n) is 1.75. The average molecular weight is 210 g/mol. The van der Waals surface area contributed by atoms with Gasteiger partial charge in [-0.2, -0.15) is 0 Å². The zero-order chi connectivity index (χ0) is 10.9. The number of aromatic amines is 1. The number of unbranched alkanes of at least 4 members (excludes halogenated alkanes) is 6. The lowest BCUT2D eigenvalue weighted by Crippen LogP contribution is -2.15. The van der Waals surface area contributed by atoms with Crippen LogP contribution in [0.4, 0.5) is 0 Å². The quantitative estimate of drug-likeness (QED) is 0.658. The molecule has 0 spiro atoms. The van der Waals surface area contributed by atoms with Crippen LogP contribution in [0.2, 0.25) is 0 Å². The third-order valence-corrected chi connectivity index (χ3v) is 2.71. The van der Waals surface area contributed by atoms with E-state index in [4.69, 9.17) is 0 Å². The van der Waals surface area contributed by atoms with E-state index in [9.17, 15) is 4.79 Å². The smallest absolute Gasteiger partial charge is 0.266 e. The van der Waals surface area contributed by atoms with Crippen molar-refractivity contribution >= 4 is 0 Å². The molecule has 0 saturated heterocycles. The van der Waals surface area contributed by atoms with Crippen molar-refractivity contribution in [3.8, 4) is 0 Å². The molecule has 0 atom stereocenters. The van der Waals surface area contributed by atoms with Crippen molar-refractivity contribution in [2.45, 2.75) is 58.4 Å². The molecule has 15 heavy (non-hydrogen) atoms. The predicted octanol–water partition coefficient (Wildman–Crippen LogP) is 2.93. The van der Waals surface area contributed by atoms with Crippen molar-refractivity contribution in [3.63, 3.8) is 0 Å². The Hall–Kier alpha value is -0.990. The highest BCUT2D eigenvalue weighted by Gasteiger charge is 1.95. The first-order valence-corrected chi connectivity index (χ1v) is 6.09. The van der Waals surface area contributed by atoms with Crippen LogP contribution in [0, 0.1) is 0 Å². The summed E-state index contributed by atoms with van der Waals surface area (Å²) >= 11 is 0. The molecule has 1 aromatic rings. The average Bonchev–Trinajstić information content (AvgIpc) is 2.63. The molecular formula is C12H22N2O. The third-order valence-electron chi connectivity index (χ3n) is 2.71. The number of rotatable bonds is 8. The molecule has 0 radical (unpaired) electrons. The molecule has 0 unspecified atom stereocenters. The zero-order valence-corrected chi connectivity index (χ0v) is 9.67. The van der Waals surface area contributed by atoms with E-state index >= 15 is 0 Å². The summed E-state index contributed by atoms with van der Waals surface area (Å²) in [5.41, 5.74) is 0.0842. The zero-order valence-electron chi connectivity index (χ0n) is 9.67. The molecule has 0 aliphatic carbocycles. The number of nitrogens with one attached hydrogen (secondary N) is 1. The van der Waals surface area contributed by atoms with Crippen molar-refractivity contribution < 1.29 is 0 Å².